The molecular formula is C12H23ClN2O. The lowest BCUT2D eigenvalue weighted by atomic mass is 9.80. The Bertz CT molecular complexity index is 233. The lowest BCUT2D eigenvalue weighted by molar-refractivity contribution is -0.132. The lowest BCUT2D eigenvalue weighted by Crippen LogP contribution is -2.48. The van der Waals surface area contributed by atoms with Gasteiger partial charge in [-0.05, 0) is 38.8 Å². The van der Waals surface area contributed by atoms with Gasteiger partial charge in [-0.1, -0.05) is 19.8 Å². The van der Waals surface area contributed by atoms with Crippen LogP contribution < -0.4 is 10.6 Å². The normalized spacial score (nSPS) is 24.8. The quantitative estimate of drug-likeness (QED) is 0.781. The van der Waals surface area contributed by atoms with E-state index >= 15 is 0 Å². The minimum atomic E-state index is -0.117. The van der Waals surface area contributed by atoms with E-state index in [1.54, 1.807) is 0 Å². The van der Waals surface area contributed by atoms with Crippen molar-refractivity contribution in [2.24, 2.45) is 5.41 Å². The highest BCUT2D eigenvalue weighted by atomic mass is 35.5. The average molecular weight is 247 g/mol. The summed E-state index contributed by atoms with van der Waals surface area (Å²) in [7, 11) is 0. The van der Waals surface area contributed by atoms with Crippen LogP contribution in [0.5, 0.6) is 0 Å². The van der Waals surface area contributed by atoms with Crippen LogP contribution in [0, 0.1) is 5.41 Å². The molecule has 1 amide bonds. The van der Waals surface area contributed by atoms with Crippen LogP contribution in [0.1, 0.15) is 45.4 Å². The van der Waals surface area contributed by atoms with Crippen LogP contribution in [-0.2, 0) is 4.79 Å². The van der Waals surface area contributed by atoms with E-state index < -0.39 is 0 Å². The first kappa shape index (κ1) is 13.8. The van der Waals surface area contributed by atoms with Gasteiger partial charge in [0, 0.05) is 11.5 Å². The van der Waals surface area contributed by atoms with Crippen molar-refractivity contribution in [1.82, 2.24) is 10.6 Å². The third-order valence-electron chi connectivity index (χ3n) is 3.95. The Morgan fingerprint density at radius 1 is 1.25 bits per heavy atom. The smallest absolute Gasteiger partial charge is 0.226 e. The summed E-state index contributed by atoms with van der Waals surface area (Å²) in [6, 6.07) is 0.462. The molecule has 1 saturated carbocycles. The molecular weight excluding hydrogens is 224 g/mol. The molecule has 1 aliphatic carbocycles. The molecule has 1 aliphatic heterocycles. The van der Waals surface area contributed by atoms with Crippen molar-refractivity contribution >= 4 is 18.3 Å². The molecule has 1 heterocycles. The molecule has 0 spiro atoms. The van der Waals surface area contributed by atoms with Gasteiger partial charge in [-0.3, -0.25) is 4.79 Å². The van der Waals surface area contributed by atoms with Crippen LogP contribution in [0.2, 0.25) is 0 Å². The Morgan fingerprint density at radius 2 is 1.81 bits per heavy atom. The molecule has 2 rings (SSSR count). The maximum Gasteiger partial charge on any atom is 0.226 e. The van der Waals surface area contributed by atoms with Gasteiger partial charge in [0.2, 0.25) is 5.91 Å². The summed E-state index contributed by atoms with van der Waals surface area (Å²) in [5.74, 6) is 0.288. The fraction of sp³-hybridized carbons (Fsp3) is 0.917. The predicted octanol–water partition coefficient (Wildman–Crippen LogP) is 1.86. The van der Waals surface area contributed by atoms with E-state index in [2.05, 4.69) is 17.6 Å². The van der Waals surface area contributed by atoms with E-state index in [0.29, 0.717) is 6.04 Å². The summed E-state index contributed by atoms with van der Waals surface area (Å²) >= 11 is 0. The molecule has 1 saturated heterocycles. The molecule has 2 fully saturated rings. The zero-order chi connectivity index (χ0) is 10.7. The zero-order valence-electron chi connectivity index (χ0n) is 10.1. The summed E-state index contributed by atoms with van der Waals surface area (Å²) in [5.41, 5.74) is -0.117. The van der Waals surface area contributed by atoms with Crippen molar-refractivity contribution in [3.05, 3.63) is 0 Å². The number of nitrogens with one attached hydrogen (secondary N) is 2. The Hall–Kier alpha value is -0.280. The second-order valence-corrected chi connectivity index (χ2v) is 5.27. The standard InChI is InChI=1S/C12H22N2O.ClH/c1-12(6-8-13-9-7-12)11(15)14-10-4-2-3-5-10;/h10,13H,2-9H2,1H3,(H,14,15);1H. The molecule has 0 aromatic heterocycles. The largest absolute Gasteiger partial charge is 0.353 e. The van der Waals surface area contributed by atoms with Crippen LogP contribution in [0.15, 0.2) is 0 Å². The number of halogens is 1. The Labute approximate surface area is 104 Å². The van der Waals surface area contributed by atoms with E-state index in [1.807, 2.05) is 0 Å². The van der Waals surface area contributed by atoms with Crippen molar-refractivity contribution < 1.29 is 4.79 Å². The topological polar surface area (TPSA) is 41.1 Å². The highest BCUT2D eigenvalue weighted by Crippen LogP contribution is 2.29. The first-order valence-corrected chi connectivity index (χ1v) is 6.22. The second-order valence-electron chi connectivity index (χ2n) is 5.27. The molecule has 3 nitrogen and oxygen atoms in total. The summed E-state index contributed by atoms with van der Waals surface area (Å²) in [6.07, 6.45) is 6.88. The number of hydrogen-bond acceptors (Lipinski definition) is 2. The van der Waals surface area contributed by atoms with Crippen molar-refractivity contribution in [2.45, 2.75) is 51.5 Å². The van der Waals surface area contributed by atoms with Crippen LogP contribution in [0.4, 0.5) is 0 Å². The van der Waals surface area contributed by atoms with E-state index in [9.17, 15) is 4.79 Å². The summed E-state index contributed by atoms with van der Waals surface area (Å²) < 4.78 is 0. The monoisotopic (exact) mass is 246 g/mol. The molecule has 2 N–H and O–H groups in total. The molecule has 0 aromatic carbocycles. The molecule has 0 unspecified atom stereocenters. The van der Waals surface area contributed by atoms with Crippen molar-refractivity contribution in [1.29, 1.82) is 0 Å². The van der Waals surface area contributed by atoms with Gasteiger partial charge in [0.25, 0.3) is 0 Å². The van der Waals surface area contributed by atoms with Gasteiger partial charge in [0.1, 0.15) is 0 Å². The van der Waals surface area contributed by atoms with E-state index in [-0.39, 0.29) is 23.7 Å². The molecule has 2 aliphatic rings. The molecule has 94 valence electrons. The Balaban J connectivity index is 0.00000128. The van der Waals surface area contributed by atoms with Crippen LogP contribution >= 0.6 is 12.4 Å². The minimum absolute atomic E-state index is 0. The lowest BCUT2D eigenvalue weighted by Gasteiger charge is -2.33. The average Bonchev–Trinajstić information content (AvgIpc) is 2.71. The van der Waals surface area contributed by atoms with Gasteiger partial charge in [-0.15, -0.1) is 12.4 Å². The van der Waals surface area contributed by atoms with Gasteiger partial charge in [-0.2, -0.15) is 0 Å². The number of piperidine rings is 1. The Kier molecular flexibility index (Phi) is 5.06. The number of carbonyl (C=O) groups excluding carboxylic acids is 1. The summed E-state index contributed by atoms with van der Waals surface area (Å²) in [5, 5.41) is 6.53. The maximum atomic E-state index is 12.1. The van der Waals surface area contributed by atoms with Gasteiger partial charge >= 0.3 is 0 Å². The number of amides is 1. The van der Waals surface area contributed by atoms with Crippen molar-refractivity contribution in [2.75, 3.05) is 13.1 Å². The highest BCUT2D eigenvalue weighted by molar-refractivity contribution is 5.85. The fourth-order valence-corrected chi connectivity index (χ4v) is 2.64. The van der Waals surface area contributed by atoms with Gasteiger partial charge < -0.3 is 10.6 Å². The van der Waals surface area contributed by atoms with Gasteiger partial charge in [0.05, 0.1) is 0 Å². The van der Waals surface area contributed by atoms with E-state index in [1.165, 1.54) is 25.7 Å². The third-order valence-corrected chi connectivity index (χ3v) is 3.95. The fourth-order valence-electron chi connectivity index (χ4n) is 2.64. The zero-order valence-corrected chi connectivity index (χ0v) is 10.9. The summed E-state index contributed by atoms with van der Waals surface area (Å²) in [6.45, 7) is 4.07. The molecule has 16 heavy (non-hydrogen) atoms. The second kappa shape index (κ2) is 5.87. The van der Waals surface area contributed by atoms with E-state index in [0.717, 1.165) is 25.9 Å². The minimum Gasteiger partial charge on any atom is -0.353 e. The highest BCUT2D eigenvalue weighted by Gasteiger charge is 2.35. The van der Waals surface area contributed by atoms with Crippen molar-refractivity contribution in [3.8, 4) is 0 Å². The number of carbonyl (C=O) groups is 1. The molecule has 0 bridgehead atoms. The maximum absolute atomic E-state index is 12.1. The van der Waals surface area contributed by atoms with Crippen LogP contribution in [0.3, 0.4) is 0 Å². The van der Waals surface area contributed by atoms with E-state index in [4.69, 9.17) is 0 Å². The first-order chi connectivity index (χ1) is 7.21. The van der Waals surface area contributed by atoms with Crippen LogP contribution in [-0.4, -0.2) is 25.0 Å². The molecule has 0 aromatic rings. The van der Waals surface area contributed by atoms with Gasteiger partial charge in [-0.25, -0.2) is 0 Å². The first-order valence-electron chi connectivity index (χ1n) is 6.22. The predicted molar refractivity (Wildman–Crippen MR) is 67.9 cm³/mol. The third kappa shape index (κ3) is 3.11. The molecule has 0 radical (unpaired) electrons. The van der Waals surface area contributed by atoms with Crippen molar-refractivity contribution in [3.63, 3.8) is 0 Å². The number of hydrogen-bond donors (Lipinski definition) is 2. The molecule has 4 heteroatoms. The molecule has 0 atom stereocenters. The summed E-state index contributed by atoms with van der Waals surface area (Å²) in [4.78, 5) is 12.1. The number of rotatable bonds is 2. The SMILES string of the molecule is CC1(C(=O)NC2CCCC2)CCNCC1.Cl. The Morgan fingerprint density at radius 3 is 2.38 bits per heavy atom. The van der Waals surface area contributed by atoms with Gasteiger partial charge in [0.15, 0.2) is 0 Å². The van der Waals surface area contributed by atoms with Crippen LogP contribution in [0.25, 0.3) is 0 Å².